The van der Waals surface area contributed by atoms with Crippen molar-refractivity contribution in [2.24, 2.45) is 17.8 Å². The first-order valence-electron chi connectivity index (χ1n) is 7.19. The normalized spacial score (nSPS) is 35.3. The van der Waals surface area contributed by atoms with Crippen molar-refractivity contribution in [3.05, 3.63) is 0 Å². The monoisotopic (exact) mass is 251 g/mol. The zero-order chi connectivity index (χ0) is 12.7. The van der Waals surface area contributed by atoms with Crippen LogP contribution in [0.25, 0.3) is 0 Å². The molecule has 1 saturated heterocycles. The third kappa shape index (κ3) is 2.38. The molecule has 1 heterocycles. The van der Waals surface area contributed by atoms with Crippen LogP contribution in [0.15, 0.2) is 0 Å². The fraction of sp³-hybridized carbons (Fsp3) is 0.857. The lowest BCUT2D eigenvalue weighted by Crippen LogP contribution is -2.45. The van der Waals surface area contributed by atoms with Crippen LogP contribution in [0.3, 0.4) is 0 Å². The molecule has 18 heavy (non-hydrogen) atoms. The van der Waals surface area contributed by atoms with E-state index in [-0.39, 0.29) is 24.3 Å². The Morgan fingerprint density at radius 1 is 1.17 bits per heavy atom. The number of hydrogen-bond donors (Lipinski definition) is 1. The summed E-state index contributed by atoms with van der Waals surface area (Å²) < 4.78 is 0. The number of likely N-dealkylation sites (tertiary alicyclic amines) is 1. The lowest BCUT2D eigenvalue weighted by Gasteiger charge is -2.35. The van der Waals surface area contributed by atoms with Gasteiger partial charge in [-0.05, 0) is 50.4 Å². The van der Waals surface area contributed by atoms with Crippen LogP contribution in [-0.2, 0) is 9.59 Å². The summed E-state index contributed by atoms with van der Waals surface area (Å²) in [6.45, 7) is 0.769. The first kappa shape index (κ1) is 12.0. The topological polar surface area (TPSA) is 57.6 Å². The van der Waals surface area contributed by atoms with Gasteiger partial charge in [-0.3, -0.25) is 9.59 Å². The molecule has 1 amide bonds. The van der Waals surface area contributed by atoms with Gasteiger partial charge in [-0.1, -0.05) is 0 Å². The molecule has 3 fully saturated rings. The Labute approximate surface area is 107 Å². The summed E-state index contributed by atoms with van der Waals surface area (Å²) >= 11 is 0. The highest BCUT2D eigenvalue weighted by atomic mass is 16.4. The van der Waals surface area contributed by atoms with E-state index < -0.39 is 5.97 Å². The molecule has 1 aliphatic heterocycles. The molecule has 0 bridgehead atoms. The molecular formula is C14H21NO3. The average Bonchev–Trinajstić information content (AvgIpc) is 3.18. The fourth-order valence-electron chi connectivity index (χ4n) is 3.46. The number of piperidine rings is 1. The molecule has 1 N–H and O–H groups in total. The van der Waals surface area contributed by atoms with E-state index in [1.54, 1.807) is 0 Å². The Hall–Kier alpha value is -1.06. The summed E-state index contributed by atoms with van der Waals surface area (Å²) in [5.41, 5.74) is 0. The molecule has 100 valence electrons. The van der Waals surface area contributed by atoms with E-state index in [0.29, 0.717) is 5.92 Å². The van der Waals surface area contributed by atoms with Gasteiger partial charge < -0.3 is 10.0 Å². The van der Waals surface area contributed by atoms with Gasteiger partial charge in [0.15, 0.2) is 0 Å². The van der Waals surface area contributed by atoms with E-state index in [2.05, 4.69) is 0 Å². The maximum absolute atomic E-state index is 12.4. The van der Waals surface area contributed by atoms with Gasteiger partial charge in [0.2, 0.25) is 5.91 Å². The van der Waals surface area contributed by atoms with Crippen LogP contribution in [0.1, 0.15) is 44.9 Å². The molecule has 4 heteroatoms. The number of carbonyl (C=O) groups excluding carboxylic acids is 1. The summed E-state index contributed by atoms with van der Waals surface area (Å²) in [6.07, 6.45) is 6.71. The van der Waals surface area contributed by atoms with Crippen LogP contribution < -0.4 is 0 Å². The number of rotatable bonds is 4. The smallest absolute Gasteiger partial charge is 0.305 e. The minimum atomic E-state index is -0.783. The highest BCUT2D eigenvalue weighted by Crippen LogP contribution is 2.55. The molecule has 2 aliphatic carbocycles. The second kappa shape index (κ2) is 4.56. The largest absolute Gasteiger partial charge is 0.481 e. The molecular weight excluding hydrogens is 230 g/mol. The second-order valence-corrected chi connectivity index (χ2v) is 6.12. The number of nitrogens with zero attached hydrogens (tertiary/aromatic N) is 1. The molecule has 0 radical (unpaired) electrons. The van der Waals surface area contributed by atoms with Gasteiger partial charge in [0, 0.05) is 18.5 Å². The number of carboxylic acids is 1. The number of amides is 1. The standard InChI is InChI=1S/C14H21NO3/c16-13(17)7-10-3-1-2-6-15(10)14(18)12-8-11(12)9-4-5-9/h9-12H,1-8H2,(H,16,17)/t10-,11+,12-/m0/s1. The van der Waals surface area contributed by atoms with E-state index in [0.717, 1.165) is 38.1 Å². The van der Waals surface area contributed by atoms with Crippen LogP contribution in [-0.4, -0.2) is 34.5 Å². The van der Waals surface area contributed by atoms with E-state index in [9.17, 15) is 9.59 Å². The lowest BCUT2D eigenvalue weighted by atomic mass is 9.98. The van der Waals surface area contributed by atoms with Crippen molar-refractivity contribution in [3.63, 3.8) is 0 Å². The lowest BCUT2D eigenvalue weighted by molar-refractivity contribution is -0.142. The Bertz CT molecular complexity index is 364. The quantitative estimate of drug-likeness (QED) is 0.830. The SMILES string of the molecule is O=C(O)C[C@@H]1CCCCN1C(=O)[C@H]1C[C@@H]1C1CC1. The predicted octanol–water partition coefficient (Wildman–Crippen LogP) is 1.89. The van der Waals surface area contributed by atoms with E-state index in [1.807, 2.05) is 4.90 Å². The fourth-order valence-corrected chi connectivity index (χ4v) is 3.46. The van der Waals surface area contributed by atoms with Crippen molar-refractivity contribution in [2.75, 3.05) is 6.54 Å². The maximum atomic E-state index is 12.4. The summed E-state index contributed by atoms with van der Waals surface area (Å²) in [7, 11) is 0. The number of carboxylic acid groups (broad SMARTS) is 1. The average molecular weight is 251 g/mol. The molecule has 0 spiro atoms. The van der Waals surface area contributed by atoms with Gasteiger partial charge in [-0.25, -0.2) is 0 Å². The van der Waals surface area contributed by atoms with E-state index in [1.165, 1.54) is 12.8 Å². The van der Waals surface area contributed by atoms with Crippen LogP contribution in [0, 0.1) is 17.8 Å². The van der Waals surface area contributed by atoms with Crippen molar-refractivity contribution in [3.8, 4) is 0 Å². The Morgan fingerprint density at radius 2 is 1.94 bits per heavy atom. The third-order valence-electron chi connectivity index (χ3n) is 4.70. The zero-order valence-corrected chi connectivity index (χ0v) is 10.7. The van der Waals surface area contributed by atoms with Gasteiger partial charge >= 0.3 is 5.97 Å². The summed E-state index contributed by atoms with van der Waals surface area (Å²) in [4.78, 5) is 25.2. The molecule has 0 aromatic carbocycles. The van der Waals surface area contributed by atoms with Crippen molar-refractivity contribution in [2.45, 2.75) is 51.0 Å². The number of carbonyl (C=O) groups is 2. The van der Waals surface area contributed by atoms with Crippen molar-refractivity contribution in [1.82, 2.24) is 4.90 Å². The molecule has 3 atom stereocenters. The van der Waals surface area contributed by atoms with Crippen molar-refractivity contribution >= 4 is 11.9 Å². The molecule has 0 aromatic rings. The molecule has 3 rings (SSSR count). The summed E-state index contributed by atoms with van der Waals surface area (Å²) in [5.74, 6) is 1.13. The zero-order valence-electron chi connectivity index (χ0n) is 10.7. The van der Waals surface area contributed by atoms with Crippen LogP contribution in [0.4, 0.5) is 0 Å². The molecule has 3 aliphatic rings. The van der Waals surface area contributed by atoms with Crippen molar-refractivity contribution in [1.29, 1.82) is 0 Å². The Kier molecular flexibility index (Phi) is 3.04. The van der Waals surface area contributed by atoms with Gasteiger partial charge in [0.25, 0.3) is 0 Å². The predicted molar refractivity (Wildman–Crippen MR) is 65.9 cm³/mol. The number of aliphatic carboxylic acids is 1. The van der Waals surface area contributed by atoms with Gasteiger partial charge in [0.1, 0.15) is 0 Å². The molecule has 0 aromatic heterocycles. The van der Waals surface area contributed by atoms with Crippen molar-refractivity contribution < 1.29 is 14.7 Å². The minimum absolute atomic E-state index is 0.0517. The van der Waals surface area contributed by atoms with Crippen LogP contribution in [0.5, 0.6) is 0 Å². The van der Waals surface area contributed by atoms with Gasteiger partial charge in [-0.15, -0.1) is 0 Å². The Balaban J connectivity index is 1.61. The molecule has 2 saturated carbocycles. The summed E-state index contributed by atoms with van der Waals surface area (Å²) in [6, 6.07) is -0.0517. The Morgan fingerprint density at radius 3 is 2.61 bits per heavy atom. The van der Waals surface area contributed by atoms with Crippen LogP contribution in [0.2, 0.25) is 0 Å². The van der Waals surface area contributed by atoms with E-state index >= 15 is 0 Å². The highest BCUT2D eigenvalue weighted by Gasteiger charge is 2.52. The first-order valence-corrected chi connectivity index (χ1v) is 7.19. The third-order valence-corrected chi connectivity index (χ3v) is 4.70. The minimum Gasteiger partial charge on any atom is -0.481 e. The highest BCUT2D eigenvalue weighted by molar-refractivity contribution is 5.83. The summed E-state index contributed by atoms with van der Waals surface area (Å²) in [5, 5.41) is 8.93. The molecule has 0 unspecified atom stereocenters. The molecule has 4 nitrogen and oxygen atoms in total. The van der Waals surface area contributed by atoms with Crippen LogP contribution >= 0.6 is 0 Å². The van der Waals surface area contributed by atoms with E-state index in [4.69, 9.17) is 5.11 Å². The number of hydrogen-bond acceptors (Lipinski definition) is 2. The van der Waals surface area contributed by atoms with Gasteiger partial charge in [-0.2, -0.15) is 0 Å². The second-order valence-electron chi connectivity index (χ2n) is 6.12. The first-order chi connectivity index (χ1) is 8.66. The van der Waals surface area contributed by atoms with Gasteiger partial charge in [0.05, 0.1) is 6.42 Å². The maximum Gasteiger partial charge on any atom is 0.305 e.